The number of aryl methyl sites for hydroxylation is 1. The molecule has 2 heterocycles. The fourth-order valence-corrected chi connectivity index (χ4v) is 3.11. The van der Waals surface area contributed by atoms with Gasteiger partial charge < -0.3 is 9.80 Å². The van der Waals surface area contributed by atoms with Crippen molar-refractivity contribution in [3.8, 4) is 6.07 Å². The van der Waals surface area contributed by atoms with Crippen molar-refractivity contribution >= 4 is 28.8 Å². The number of nitro groups is 1. The summed E-state index contributed by atoms with van der Waals surface area (Å²) in [5.74, 6) is 0.588. The Balaban J connectivity index is 1.75. The minimum Gasteiger partial charge on any atom is -0.368 e. The van der Waals surface area contributed by atoms with Gasteiger partial charge >= 0.3 is 5.69 Å². The van der Waals surface area contributed by atoms with E-state index in [9.17, 15) is 10.1 Å². The van der Waals surface area contributed by atoms with E-state index >= 15 is 0 Å². The largest absolute Gasteiger partial charge is 0.368 e. The first-order chi connectivity index (χ1) is 12.0. The van der Waals surface area contributed by atoms with E-state index in [4.69, 9.17) is 16.9 Å². The molecule has 0 aliphatic carbocycles. The zero-order valence-electron chi connectivity index (χ0n) is 13.6. The minimum atomic E-state index is -0.588. The van der Waals surface area contributed by atoms with Crippen LogP contribution in [-0.2, 0) is 0 Å². The number of rotatable bonds is 3. The lowest BCUT2D eigenvalue weighted by Gasteiger charge is -2.37. The summed E-state index contributed by atoms with van der Waals surface area (Å²) >= 11 is 6.10. The van der Waals surface area contributed by atoms with Gasteiger partial charge in [0, 0.05) is 43.0 Å². The number of piperazine rings is 1. The summed E-state index contributed by atoms with van der Waals surface area (Å²) in [6.45, 7) is 5.03. The molecule has 1 aromatic carbocycles. The van der Waals surface area contributed by atoms with Gasteiger partial charge in [-0.1, -0.05) is 17.7 Å². The maximum Gasteiger partial charge on any atom is 0.305 e. The van der Waals surface area contributed by atoms with Gasteiger partial charge in [-0.05, 0) is 30.7 Å². The number of hydrogen-bond acceptors (Lipinski definition) is 6. The van der Waals surface area contributed by atoms with Crippen LogP contribution < -0.4 is 9.80 Å². The van der Waals surface area contributed by atoms with Gasteiger partial charge in [-0.25, -0.2) is 4.98 Å². The van der Waals surface area contributed by atoms with E-state index in [1.807, 2.05) is 23.1 Å². The maximum atomic E-state index is 10.9. The molecule has 1 aromatic heterocycles. The third-order valence-corrected chi connectivity index (χ3v) is 4.51. The monoisotopic (exact) mass is 357 g/mol. The first kappa shape index (κ1) is 17.0. The molecule has 0 amide bonds. The molecule has 2 aromatic rings. The Labute approximate surface area is 150 Å². The van der Waals surface area contributed by atoms with Crippen molar-refractivity contribution in [3.63, 3.8) is 0 Å². The average molecular weight is 358 g/mol. The Morgan fingerprint density at radius 1 is 1.20 bits per heavy atom. The predicted molar refractivity (Wildman–Crippen MR) is 96.2 cm³/mol. The van der Waals surface area contributed by atoms with E-state index in [1.54, 1.807) is 12.1 Å². The summed E-state index contributed by atoms with van der Waals surface area (Å²) in [5.41, 5.74) is 1.86. The zero-order chi connectivity index (χ0) is 18.0. The van der Waals surface area contributed by atoms with Crippen LogP contribution >= 0.6 is 11.6 Å². The molecule has 0 radical (unpaired) electrons. The maximum absolute atomic E-state index is 10.9. The first-order valence-corrected chi connectivity index (χ1v) is 8.19. The lowest BCUT2D eigenvalue weighted by Crippen LogP contribution is -2.47. The van der Waals surface area contributed by atoms with E-state index in [2.05, 4.69) is 16.8 Å². The third-order valence-electron chi connectivity index (χ3n) is 4.28. The molecule has 3 rings (SSSR count). The molecule has 0 atom stereocenters. The lowest BCUT2D eigenvalue weighted by atomic mass is 10.1. The highest BCUT2D eigenvalue weighted by Gasteiger charge is 2.22. The molecule has 128 valence electrons. The molecule has 1 fully saturated rings. The number of nitriles is 1. The smallest absolute Gasteiger partial charge is 0.305 e. The van der Waals surface area contributed by atoms with Crippen molar-refractivity contribution in [3.05, 3.63) is 56.7 Å². The van der Waals surface area contributed by atoms with E-state index in [-0.39, 0.29) is 11.4 Å². The molecule has 8 heteroatoms. The second-order valence-electron chi connectivity index (χ2n) is 5.81. The van der Waals surface area contributed by atoms with Gasteiger partial charge in [0.2, 0.25) is 5.69 Å². The molecule has 0 N–H and O–H groups in total. The normalized spacial score (nSPS) is 14.3. The number of benzene rings is 1. The molecule has 0 unspecified atom stereocenters. The number of nitrogens with zero attached hydrogens (tertiary/aromatic N) is 5. The molecule has 1 aliphatic rings. The molecule has 0 spiro atoms. The Bertz CT molecular complexity index is 857. The van der Waals surface area contributed by atoms with Gasteiger partial charge in [0.1, 0.15) is 11.9 Å². The standard InChI is InChI=1S/C17H16ClN5O2/c1-12-2-3-13(18)10-16(12)21-6-8-22(9-7-21)17-5-4-15(23(24)25)14(11-19)20-17/h2-5,10H,6-9H2,1H3. The van der Waals surface area contributed by atoms with Crippen molar-refractivity contribution in [2.24, 2.45) is 0 Å². The van der Waals surface area contributed by atoms with Crippen molar-refractivity contribution in [2.45, 2.75) is 6.92 Å². The lowest BCUT2D eigenvalue weighted by molar-refractivity contribution is -0.385. The summed E-state index contributed by atoms with van der Waals surface area (Å²) in [4.78, 5) is 18.8. The van der Waals surface area contributed by atoms with Crippen LogP contribution in [0.25, 0.3) is 0 Å². The van der Waals surface area contributed by atoms with E-state index in [0.29, 0.717) is 23.9 Å². The van der Waals surface area contributed by atoms with Crippen LogP contribution in [0.5, 0.6) is 0 Å². The van der Waals surface area contributed by atoms with Crippen LogP contribution in [0, 0.1) is 28.4 Å². The Kier molecular flexibility index (Phi) is 4.72. The Morgan fingerprint density at radius 3 is 2.52 bits per heavy atom. The van der Waals surface area contributed by atoms with Gasteiger partial charge in [0.15, 0.2) is 0 Å². The average Bonchev–Trinajstić information content (AvgIpc) is 2.63. The van der Waals surface area contributed by atoms with Crippen LogP contribution in [-0.4, -0.2) is 36.1 Å². The number of halogens is 1. The molecule has 0 bridgehead atoms. The highest BCUT2D eigenvalue weighted by Crippen LogP contribution is 2.27. The molecular weight excluding hydrogens is 342 g/mol. The molecule has 1 aliphatic heterocycles. The summed E-state index contributed by atoms with van der Waals surface area (Å²) in [7, 11) is 0. The van der Waals surface area contributed by atoms with E-state index in [1.165, 1.54) is 6.07 Å². The van der Waals surface area contributed by atoms with Gasteiger partial charge in [-0.2, -0.15) is 5.26 Å². The minimum absolute atomic E-state index is 0.157. The van der Waals surface area contributed by atoms with Crippen molar-refractivity contribution in [1.82, 2.24) is 4.98 Å². The van der Waals surface area contributed by atoms with Gasteiger partial charge in [0.05, 0.1) is 4.92 Å². The van der Waals surface area contributed by atoms with Crippen LogP contribution in [0.15, 0.2) is 30.3 Å². The fourth-order valence-electron chi connectivity index (χ4n) is 2.95. The second-order valence-corrected chi connectivity index (χ2v) is 6.25. The van der Waals surface area contributed by atoms with Crippen LogP contribution in [0.2, 0.25) is 5.02 Å². The molecule has 7 nitrogen and oxygen atoms in total. The summed E-state index contributed by atoms with van der Waals surface area (Å²) in [6, 6.07) is 10.6. The quantitative estimate of drug-likeness (QED) is 0.619. The van der Waals surface area contributed by atoms with Crippen LogP contribution in [0.4, 0.5) is 17.2 Å². The Morgan fingerprint density at radius 2 is 1.88 bits per heavy atom. The highest BCUT2D eigenvalue weighted by atomic mass is 35.5. The van der Waals surface area contributed by atoms with Crippen LogP contribution in [0.3, 0.4) is 0 Å². The number of aromatic nitrogens is 1. The second kappa shape index (κ2) is 6.95. The summed E-state index contributed by atoms with van der Waals surface area (Å²) in [5, 5.41) is 20.7. The number of anilines is 2. The van der Waals surface area contributed by atoms with Crippen molar-refractivity contribution in [2.75, 3.05) is 36.0 Å². The van der Waals surface area contributed by atoms with E-state index < -0.39 is 4.92 Å². The molecular formula is C17H16ClN5O2. The summed E-state index contributed by atoms with van der Waals surface area (Å²) < 4.78 is 0. The zero-order valence-corrected chi connectivity index (χ0v) is 14.4. The first-order valence-electron chi connectivity index (χ1n) is 7.81. The van der Waals surface area contributed by atoms with Crippen molar-refractivity contribution < 1.29 is 4.92 Å². The van der Waals surface area contributed by atoms with Gasteiger partial charge in [0.25, 0.3) is 0 Å². The molecule has 25 heavy (non-hydrogen) atoms. The van der Waals surface area contributed by atoms with E-state index in [0.717, 1.165) is 24.3 Å². The Hall–Kier alpha value is -2.85. The SMILES string of the molecule is Cc1ccc(Cl)cc1N1CCN(c2ccc([N+](=O)[O-])c(C#N)n2)CC1. The molecule has 1 saturated heterocycles. The molecule has 0 saturated carbocycles. The number of pyridine rings is 1. The van der Waals surface area contributed by atoms with Crippen molar-refractivity contribution in [1.29, 1.82) is 5.26 Å². The summed E-state index contributed by atoms with van der Waals surface area (Å²) in [6.07, 6.45) is 0. The third kappa shape index (κ3) is 3.49. The fraction of sp³-hybridized carbons (Fsp3) is 0.294. The number of hydrogen-bond donors (Lipinski definition) is 0. The van der Waals surface area contributed by atoms with Crippen LogP contribution in [0.1, 0.15) is 11.3 Å². The predicted octanol–water partition coefficient (Wildman–Crippen LogP) is 3.15. The van der Waals surface area contributed by atoms with Gasteiger partial charge in [-0.15, -0.1) is 0 Å². The topological polar surface area (TPSA) is 86.3 Å². The highest BCUT2D eigenvalue weighted by molar-refractivity contribution is 6.30. The van der Waals surface area contributed by atoms with Gasteiger partial charge in [-0.3, -0.25) is 10.1 Å².